The van der Waals surface area contributed by atoms with Crippen LogP contribution < -0.4 is 0 Å². The third-order valence-corrected chi connectivity index (χ3v) is 5.08. The number of pyridine rings is 2. The van der Waals surface area contributed by atoms with Gasteiger partial charge in [0, 0.05) is 45.1 Å². The molecule has 0 unspecified atom stereocenters. The number of aromatic nitrogens is 4. The fourth-order valence-electron chi connectivity index (χ4n) is 4.11. The zero-order valence-corrected chi connectivity index (χ0v) is 12.9. The van der Waals surface area contributed by atoms with Gasteiger partial charge in [0.05, 0.1) is 40.9 Å². The Bertz CT molecular complexity index is 1300. The molecule has 0 saturated carbocycles. The number of hydrogen-bond acceptors (Lipinski definition) is 4. The highest BCUT2D eigenvalue weighted by molar-refractivity contribution is 6.40. The highest BCUT2D eigenvalue weighted by atomic mass is 16.2. The molecule has 1 aliphatic rings. The van der Waals surface area contributed by atoms with Crippen molar-refractivity contribution in [2.75, 3.05) is 0 Å². The van der Waals surface area contributed by atoms with E-state index in [4.69, 9.17) is 0 Å². The van der Waals surface area contributed by atoms with Crippen LogP contribution in [0.2, 0.25) is 0 Å². The van der Waals surface area contributed by atoms with Crippen molar-refractivity contribution in [3.63, 3.8) is 0 Å². The van der Waals surface area contributed by atoms with Gasteiger partial charge in [0.15, 0.2) is 11.6 Å². The largest absolute Gasteiger partial charge is 0.352 e. The molecule has 0 amide bonds. The summed E-state index contributed by atoms with van der Waals surface area (Å²) >= 11 is 0. The Morgan fingerprint density at radius 3 is 1.72 bits per heavy atom. The number of rotatable bonds is 0. The molecular weight excluding hydrogens is 316 g/mol. The van der Waals surface area contributed by atoms with Crippen LogP contribution in [0.15, 0.2) is 36.9 Å². The molecule has 6 rings (SSSR count). The summed E-state index contributed by atoms with van der Waals surface area (Å²) < 4.78 is 0. The molecular formula is C19H10N4O2. The highest BCUT2D eigenvalue weighted by Gasteiger charge is 2.34. The summed E-state index contributed by atoms with van der Waals surface area (Å²) in [6, 6.07) is 3.75. The standard InChI is InChI=1S/C19H10N4O2/c24-12-5-13(25)17-15-9-2-4-21-7-11(9)23-19(15)18-14(16(12)17)8-1-3-20-6-10(8)22-18/h1-4,6-7,22-23H,5H2. The summed E-state index contributed by atoms with van der Waals surface area (Å²) in [6.07, 6.45) is 6.79. The zero-order valence-electron chi connectivity index (χ0n) is 12.9. The van der Waals surface area contributed by atoms with Crippen LogP contribution in [0.4, 0.5) is 0 Å². The average Bonchev–Trinajstić information content (AvgIpc) is 3.26. The molecule has 0 fully saturated rings. The van der Waals surface area contributed by atoms with E-state index in [1.807, 2.05) is 12.1 Å². The van der Waals surface area contributed by atoms with Crippen molar-refractivity contribution in [3.05, 3.63) is 48.0 Å². The highest BCUT2D eigenvalue weighted by Crippen LogP contribution is 2.43. The van der Waals surface area contributed by atoms with Gasteiger partial charge in [-0.25, -0.2) is 0 Å². The fourth-order valence-corrected chi connectivity index (χ4v) is 4.11. The van der Waals surface area contributed by atoms with Crippen LogP contribution >= 0.6 is 0 Å². The minimum absolute atomic E-state index is 0.0704. The molecule has 118 valence electrons. The number of Topliss-reactive ketones (excluding diaryl/α,β-unsaturated/α-hetero) is 2. The van der Waals surface area contributed by atoms with E-state index in [1.165, 1.54) is 0 Å². The van der Waals surface area contributed by atoms with E-state index in [2.05, 4.69) is 19.9 Å². The van der Waals surface area contributed by atoms with Crippen molar-refractivity contribution in [1.82, 2.24) is 19.9 Å². The summed E-state index contributed by atoms with van der Waals surface area (Å²) in [7, 11) is 0. The van der Waals surface area contributed by atoms with Gasteiger partial charge in [-0.2, -0.15) is 0 Å². The topological polar surface area (TPSA) is 91.5 Å². The smallest absolute Gasteiger partial charge is 0.172 e. The Morgan fingerprint density at radius 2 is 1.24 bits per heavy atom. The molecule has 2 N–H and O–H groups in total. The van der Waals surface area contributed by atoms with E-state index in [0.29, 0.717) is 11.1 Å². The summed E-state index contributed by atoms with van der Waals surface area (Å²) in [6.45, 7) is 0. The molecule has 0 bridgehead atoms. The molecule has 4 aromatic heterocycles. The van der Waals surface area contributed by atoms with Crippen molar-refractivity contribution >= 4 is 55.2 Å². The lowest BCUT2D eigenvalue weighted by atomic mass is 9.97. The van der Waals surface area contributed by atoms with Gasteiger partial charge >= 0.3 is 0 Å². The van der Waals surface area contributed by atoms with Crippen LogP contribution in [0.3, 0.4) is 0 Å². The van der Waals surface area contributed by atoms with E-state index in [9.17, 15) is 9.59 Å². The van der Waals surface area contributed by atoms with Crippen LogP contribution in [0, 0.1) is 0 Å². The van der Waals surface area contributed by atoms with Crippen molar-refractivity contribution in [3.8, 4) is 0 Å². The molecule has 0 atom stereocenters. The molecule has 0 spiro atoms. The molecule has 6 nitrogen and oxygen atoms in total. The van der Waals surface area contributed by atoms with Crippen molar-refractivity contribution < 1.29 is 9.59 Å². The predicted molar refractivity (Wildman–Crippen MR) is 94.0 cm³/mol. The number of fused-ring (bicyclic) bond motifs is 10. The van der Waals surface area contributed by atoms with Gasteiger partial charge in [0.2, 0.25) is 0 Å². The van der Waals surface area contributed by atoms with Crippen LogP contribution in [0.25, 0.3) is 43.6 Å². The number of nitrogens with zero attached hydrogens (tertiary/aromatic N) is 2. The van der Waals surface area contributed by atoms with Crippen molar-refractivity contribution in [2.45, 2.75) is 6.42 Å². The molecule has 4 heterocycles. The molecule has 0 radical (unpaired) electrons. The Hall–Kier alpha value is -3.54. The second kappa shape index (κ2) is 4.10. The fraction of sp³-hybridized carbons (Fsp3) is 0.0526. The molecule has 1 aromatic carbocycles. The first-order chi connectivity index (χ1) is 12.2. The number of aromatic amines is 2. The molecule has 0 aliphatic heterocycles. The second-order valence-corrected chi connectivity index (χ2v) is 6.37. The predicted octanol–water partition coefficient (Wildman–Crippen LogP) is 3.51. The Kier molecular flexibility index (Phi) is 2.11. The van der Waals surface area contributed by atoms with Crippen LogP contribution in [-0.4, -0.2) is 31.5 Å². The van der Waals surface area contributed by atoms with E-state index in [0.717, 1.165) is 43.6 Å². The minimum atomic E-state index is -0.118. The first-order valence-electron chi connectivity index (χ1n) is 7.97. The Balaban J connectivity index is 2.04. The summed E-state index contributed by atoms with van der Waals surface area (Å²) in [4.78, 5) is 40.4. The molecule has 25 heavy (non-hydrogen) atoms. The third-order valence-electron chi connectivity index (χ3n) is 5.08. The zero-order chi connectivity index (χ0) is 16.7. The molecule has 5 aromatic rings. The maximum absolute atomic E-state index is 12.7. The average molecular weight is 326 g/mol. The van der Waals surface area contributed by atoms with E-state index < -0.39 is 0 Å². The van der Waals surface area contributed by atoms with Gasteiger partial charge in [0.25, 0.3) is 0 Å². The summed E-state index contributed by atoms with van der Waals surface area (Å²) in [5.41, 5.74) is 4.41. The minimum Gasteiger partial charge on any atom is -0.352 e. The Morgan fingerprint density at radius 1 is 0.760 bits per heavy atom. The lowest BCUT2D eigenvalue weighted by Gasteiger charge is -2.04. The first-order valence-corrected chi connectivity index (χ1v) is 7.97. The second-order valence-electron chi connectivity index (χ2n) is 6.37. The number of carbonyl (C=O) groups is 2. The number of hydrogen-bond donors (Lipinski definition) is 2. The van der Waals surface area contributed by atoms with Gasteiger partial charge in [-0.05, 0) is 12.1 Å². The normalized spacial score (nSPS) is 14.4. The Labute approximate surface area is 139 Å². The molecule has 0 saturated heterocycles. The number of nitrogens with one attached hydrogen (secondary N) is 2. The quantitative estimate of drug-likeness (QED) is 0.426. The number of H-pyrrole nitrogens is 2. The maximum Gasteiger partial charge on any atom is 0.172 e. The van der Waals surface area contributed by atoms with Gasteiger partial charge in [-0.1, -0.05) is 0 Å². The monoisotopic (exact) mass is 326 g/mol. The lowest BCUT2D eigenvalue weighted by molar-refractivity contribution is 0.0924. The summed E-state index contributed by atoms with van der Waals surface area (Å²) in [5, 5.41) is 3.41. The van der Waals surface area contributed by atoms with E-state index in [-0.39, 0.29) is 18.0 Å². The molecule has 1 aliphatic carbocycles. The molecule has 6 heteroatoms. The maximum atomic E-state index is 12.7. The van der Waals surface area contributed by atoms with Crippen molar-refractivity contribution in [1.29, 1.82) is 0 Å². The van der Waals surface area contributed by atoms with Crippen LogP contribution in [-0.2, 0) is 0 Å². The van der Waals surface area contributed by atoms with Crippen molar-refractivity contribution in [2.24, 2.45) is 0 Å². The SMILES string of the molecule is O=C1CC(=O)c2c1c1c3ccncc3[nH]c1c1[nH]c3cnccc3c21. The summed E-state index contributed by atoms with van der Waals surface area (Å²) in [5.74, 6) is -0.235. The van der Waals surface area contributed by atoms with E-state index in [1.54, 1.807) is 24.8 Å². The lowest BCUT2D eigenvalue weighted by Crippen LogP contribution is -1.94. The van der Waals surface area contributed by atoms with Gasteiger partial charge in [0.1, 0.15) is 0 Å². The van der Waals surface area contributed by atoms with Crippen LogP contribution in [0.1, 0.15) is 27.1 Å². The van der Waals surface area contributed by atoms with E-state index >= 15 is 0 Å². The van der Waals surface area contributed by atoms with Gasteiger partial charge < -0.3 is 9.97 Å². The number of carbonyl (C=O) groups excluding carboxylic acids is 2. The number of benzene rings is 1. The third kappa shape index (κ3) is 1.40. The van der Waals surface area contributed by atoms with Crippen LogP contribution in [0.5, 0.6) is 0 Å². The number of ketones is 2. The first kappa shape index (κ1) is 12.8. The van der Waals surface area contributed by atoms with Gasteiger partial charge in [-0.3, -0.25) is 19.6 Å². The van der Waals surface area contributed by atoms with Gasteiger partial charge in [-0.15, -0.1) is 0 Å².